The Kier molecular flexibility index (Phi) is 7.54. The van der Waals surface area contributed by atoms with E-state index in [0.29, 0.717) is 0 Å². The van der Waals surface area contributed by atoms with Crippen molar-refractivity contribution in [2.45, 2.75) is 0 Å². The predicted molar refractivity (Wildman–Crippen MR) is 249 cm³/mol. The molecule has 0 saturated carbocycles. The monoisotopic (exact) mass is 752 g/mol. The number of fused-ring (bicyclic) bond motifs is 8. The lowest BCUT2D eigenvalue weighted by atomic mass is 10.0. The first-order chi connectivity index (χ1) is 29.3. The molecule has 12 rings (SSSR count). The van der Waals surface area contributed by atoms with Gasteiger partial charge in [-0.05, 0) is 82.1 Å². The molecule has 276 valence electrons. The van der Waals surface area contributed by atoms with E-state index in [1.807, 2.05) is 0 Å². The van der Waals surface area contributed by atoms with Crippen LogP contribution in [0.15, 0.2) is 223 Å². The molecule has 0 unspecified atom stereocenters. The van der Waals surface area contributed by atoms with E-state index in [1.165, 1.54) is 60.2 Å². The quantitative estimate of drug-likeness (QED) is 0.169. The van der Waals surface area contributed by atoms with Gasteiger partial charge in [-0.2, -0.15) is 0 Å². The van der Waals surface area contributed by atoms with E-state index in [2.05, 4.69) is 228 Å². The van der Waals surface area contributed by atoms with Crippen LogP contribution in [-0.2, 0) is 0 Å². The van der Waals surface area contributed by atoms with Crippen molar-refractivity contribution in [1.29, 1.82) is 0 Å². The molecule has 0 bridgehead atoms. The van der Waals surface area contributed by atoms with Gasteiger partial charge in [0.05, 0.1) is 22.4 Å². The van der Waals surface area contributed by atoms with Gasteiger partial charge in [0.25, 0.3) is 0 Å². The summed E-state index contributed by atoms with van der Waals surface area (Å²) in [5.41, 5.74) is 13.1. The first-order valence-electron chi connectivity index (χ1n) is 20.2. The maximum atomic E-state index is 6.84. The highest BCUT2D eigenvalue weighted by Crippen LogP contribution is 2.44. The van der Waals surface area contributed by atoms with Crippen molar-refractivity contribution in [2.75, 3.05) is 4.90 Å². The van der Waals surface area contributed by atoms with Crippen LogP contribution in [0.1, 0.15) is 0 Å². The molecule has 0 aliphatic carbocycles. The Morgan fingerprint density at radius 2 is 0.966 bits per heavy atom. The van der Waals surface area contributed by atoms with Crippen molar-refractivity contribution in [3.63, 3.8) is 0 Å². The van der Waals surface area contributed by atoms with Gasteiger partial charge in [0.2, 0.25) is 0 Å². The molecule has 12 aromatic rings. The number of rotatable bonds is 6. The number of hydrogen-bond donors (Lipinski definition) is 0. The SMILES string of the molecule is c1ccc(-c2ccc(N(c3ccc4oc5c(-c6ccc7c8ccccc8n(-c8cccc9ccccc89)c7c6)cccc5c4c3)c3cccc4ccccc34)cc2)cc1. The minimum absolute atomic E-state index is 0.861. The van der Waals surface area contributed by atoms with E-state index < -0.39 is 0 Å². The molecule has 0 N–H and O–H groups in total. The Morgan fingerprint density at radius 1 is 0.356 bits per heavy atom. The van der Waals surface area contributed by atoms with Gasteiger partial charge in [-0.15, -0.1) is 0 Å². The Bertz CT molecular complexity index is 3550. The Morgan fingerprint density at radius 3 is 1.81 bits per heavy atom. The van der Waals surface area contributed by atoms with Crippen LogP contribution in [0.2, 0.25) is 0 Å². The summed E-state index contributed by atoms with van der Waals surface area (Å²) in [6.45, 7) is 0. The molecule has 2 aromatic heterocycles. The molecule has 0 amide bonds. The van der Waals surface area contributed by atoms with Gasteiger partial charge in [0.15, 0.2) is 0 Å². The van der Waals surface area contributed by atoms with Gasteiger partial charge in [0, 0.05) is 49.3 Å². The lowest BCUT2D eigenvalue weighted by Gasteiger charge is -2.27. The molecular formula is C56H36N2O. The molecule has 2 heterocycles. The van der Waals surface area contributed by atoms with Crippen molar-refractivity contribution >= 4 is 82.4 Å². The highest BCUT2D eigenvalue weighted by molar-refractivity contribution is 6.14. The third-order valence-corrected chi connectivity index (χ3v) is 12.0. The second-order valence-corrected chi connectivity index (χ2v) is 15.3. The summed E-state index contributed by atoms with van der Waals surface area (Å²) in [6.07, 6.45) is 0. The van der Waals surface area contributed by atoms with E-state index in [9.17, 15) is 0 Å². The number of benzene rings is 10. The van der Waals surface area contributed by atoms with E-state index >= 15 is 0 Å². The number of furan rings is 1. The predicted octanol–water partition coefficient (Wildman–Crippen LogP) is 15.8. The zero-order chi connectivity index (χ0) is 38.9. The van der Waals surface area contributed by atoms with Gasteiger partial charge < -0.3 is 13.9 Å². The van der Waals surface area contributed by atoms with Crippen LogP contribution in [-0.4, -0.2) is 4.57 Å². The fourth-order valence-electron chi connectivity index (χ4n) is 9.22. The smallest absolute Gasteiger partial charge is 0.143 e. The van der Waals surface area contributed by atoms with Crippen molar-refractivity contribution in [3.8, 4) is 27.9 Å². The second-order valence-electron chi connectivity index (χ2n) is 15.3. The zero-order valence-corrected chi connectivity index (χ0v) is 32.1. The van der Waals surface area contributed by atoms with E-state index in [4.69, 9.17) is 4.42 Å². The number of hydrogen-bond acceptors (Lipinski definition) is 2. The van der Waals surface area contributed by atoms with Gasteiger partial charge in [0.1, 0.15) is 11.2 Å². The Labute approximate surface area is 341 Å². The van der Waals surface area contributed by atoms with E-state index in [0.717, 1.165) is 50.1 Å². The topological polar surface area (TPSA) is 21.3 Å². The summed E-state index contributed by atoms with van der Waals surface area (Å²) in [5.74, 6) is 0. The van der Waals surface area contributed by atoms with Crippen LogP contribution >= 0.6 is 0 Å². The van der Waals surface area contributed by atoms with Gasteiger partial charge in [-0.3, -0.25) is 0 Å². The third kappa shape index (κ3) is 5.36. The summed E-state index contributed by atoms with van der Waals surface area (Å²) in [7, 11) is 0. The van der Waals surface area contributed by atoms with Crippen LogP contribution in [0.25, 0.3) is 93.2 Å². The minimum atomic E-state index is 0.861. The first-order valence-corrected chi connectivity index (χ1v) is 20.2. The maximum Gasteiger partial charge on any atom is 0.143 e. The summed E-state index contributed by atoms with van der Waals surface area (Å²) in [5, 5.41) is 9.48. The summed E-state index contributed by atoms with van der Waals surface area (Å²) >= 11 is 0. The standard InChI is InChI=1S/C56H36N2O/c1-2-13-37(14-3-1)38-27-30-42(31-28-38)57(51-25-10-17-39-15-4-6-19-44(39)51)43-32-34-55-50(36-43)49-23-12-22-46(56(49)59-55)41-29-33-48-47-21-8-9-24-53(47)58(54(48)35-41)52-26-11-18-40-16-5-7-20-45(40)52/h1-36H. The molecule has 0 saturated heterocycles. The second kappa shape index (κ2) is 13.4. The Balaban J connectivity index is 1.03. The van der Waals surface area contributed by atoms with Gasteiger partial charge >= 0.3 is 0 Å². The summed E-state index contributed by atoms with van der Waals surface area (Å²) in [6, 6.07) is 78.6. The van der Waals surface area contributed by atoms with Crippen LogP contribution < -0.4 is 4.90 Å². The number of para-hydroxylation sites is 2. The van der Waals surface area contributed by atoms with Crippen LogP contribution in [0.5, 0.6) is 0 Å². The van der Waals surface area contributed by atoms with Crippen molar-refractivity contribution in [1.82, 2.24) is 4.57 Å². The number of nitrogens with zero attached hydrogens (tertiary/aromatic N) is 2. The molecule has 3 nitrogen and oxygen atoms in total. The van der Waals surface area contributed by atoms with Crippen molar-refractivity contribution < 1.29 is 4.42 Å². The highest BCUT2D eigenvalue weighted by Gasteiger charge is 2.20. The van der Waals surface area contributed by atoms with Crippen LogP contribution in [0.3, 0.4) is 0 Å². The van der Waals surface area contributed by atoms with Crippen molar-refractivity contribution in [2.24, 2.45) is 0 Å². The summed E-state index contributed by atoms with van der Waals surface area (Å²) < 4.78 is 9.26. The normalized spacial score (nSPS) is 11.7. The van der Waals surface area contributed by atoms with E-state index in [1.54, 1.807) is 0 Å². The van der Waals surface area contributed by atoms with Gasteiger partial charge in [-0.25, -0.2) is 0 Å². The highest BCUT2D eigenvalue weighted by atomic mass is 16.3. The fourth-order valence-corrected chi connectivity index (χ4v) is 9.22. The average Bonchev–Trinajstić information content (AvgIpc) is 3.85. The zero-order valence-electron chi connectivity index (χ0n) is 32.1. The summed E-state index contributed by atoms with van der Waals surface area (Å²) in [4.78, 5) is 2.37. The van der Waals surface area contributed by atoms with Crippen LogP contribution in [0.4, 0.5) is 17.1 Å². The maximum absolute atomic E-state index is 6.84. The lowest BCUT2D eigenvalue weighted by molar-refractivity contribution is 0.670. The molecule has 0 fully saturated rings. The van der Waals surface area contributed by atoms with Crippen molar-refractivity contribution in [3.05, 3.63) is 218 Å². The van der Waals surface area contributed by atoms with Crippen LogP contribution in [0, 0.1) is 0 Å². The average molecular weight is 753 g/mol. The first kappa shape index (κ1) is 33.3. The molecule has 0 atom stereocenters. The molecule has 0 aliphatic heterocycles. The number of aromatic nitrogens is 1. The molecule has 0 radical (unpaired) electrons. The minimum Gasteiger partial charge on any atom is -0.455 e. The molecular weight excluding hydrogens is 717 g/mol. The molecule has 0 aliphatic rings. The molecule has 10 aromatic carbocycles. The Hall–Kier alpha value is -7.88. The van der Waals surface area contributed by atoms with E-state index in [-0.39, 0.29) is 0 Å². The van der Waals surface area contributed by atoms with Gasteiger partial charge in [-0.1, -0.05) is 164 Å². The fraction of sp³-hybridized carbons (Fsp3) is 0. The third-order valence-electron chi connectivity index (χ3n) is 12.0. The number of anilines is 3. The molecule has 0 spiro atoms. The molecule has 3 heteroatoms. The largest absolute Gasteiger partial charge is 0.455 e. The lowest BCUT2D eigenvalue weighted by Crippen LogP contribution is -2.10. The molecule has 59 heavy (non-hydrogen) atoms.